The Kier molecular flexibility index (Phi) is 5.77. The quantitative estimate of drug-likeness (QED) is 0.396. The van der Waals surface area contributed by atoms with Crippen molar-refractivity contribution in [2.75, 3.05) is 20.6 Å². The molecule has 0 atom stereocenters. The summed E-state index contributed by atoms with van der Waals surface area (Å²) >= 11 is 0. The molecule has 0 fully saturated rings. The number of para-hydroxylation sites is 1. The molecule has 0 amide bonds. The molecular weight excluding hydrogens is 342 g/mol. The SMILES string of the molecule is CN(C)CCCn1c2ccccc2c(=O)c2c([N+](=O)[O-])cccc21.Cl. The summed E-state index contributed by atoms with van der Waals surface area (Å²) in [4.78, 5) is 25.8. The molecule has 0 radical (unpaired) electrons. The fourth-order valence-corrected chi connectivity index (χ4v) is 3.09. The molecule has 25 heavy (non-hydrogen) atoms. The third kappa shape index (κ3) is 3.50. The molecule has 1 heterocycles. The van der Waals surface area contributed by atoms with Gasteiger partial charge in [-0.3, -0.25) is 14.9 Å². The average molecular weight is 362 g/mol. The van der Waals surface area contributed by atoms with Crippen LogP contribution in [-0.2, 0) is 6.54 Å². The number of pyridine rings is 1. The molecule has 0 aliphatic heterocycles. The van der Waals surface area contributed by atoms with Crippen molar-refractivity contribution in [3.63, 3.8) is 0 Å². The van der Waals surface area contributed by atoms with Gasteiger partial charge in [-0.1, -0.05) is 18.2 Å². The second kappa shape index (κ2) is 7.63. The van der Waals surface area contributed by atoms with Crippen LogP contribution in [0.2, 0.25) is 0 Å². The number of non-ortho nitro benzene ring substituents is 1. The lowest BCUT2D eigenvalue weighted by molar-refractivity contribution is -0.383. The van der Waals surface area contributed by atoms with Crippen LogP contribution in [0.4, 0.5) is 5.69 Å². The van der Waals surface area contributed by atoms with E-state index in [1.807, 2.05) is 30.8 Å². The number of halogens is 1. The molecule has 0 aliphatic rings. The Morgan fingerprint density at radius 3 is 2.44 bits per heavy atom. The van der Waals surface area contributed by atoms with E-state index < -0.39 is 4.92 Å². The average Bonchev–Trinajstić information content (AvgIpc) is 2.57. The number of nitro benzene ring substituents is 1. The highest BCUT2D eigenvalue weighted by Crippen LogP contribution is 2.26. The summed E-state index contributed by atoms with van der Waals surface area (Å²) in [5, 5.41) is 12.1. The van der Waals surface area contributed by atoms with Crippen molar-refractivity contribution in [1.82, 2.24) is 9.47 Å². The zero-order chi connectivity index (χ0) is 17.3. The summed E-state index contributed by atoms with van der Waals surface area (Å²) < 4.78 is 2.02. The molecule has 0 spiro atoms. The van der Waals surface area contributed by atoms with E-state index in [1.165, 1.54) is 6.07 Å². The number of nitrogens with zero attached hydrogens (tertiary/aromatic N) is 3. The fraction of sp³-hybridized carbons (Fsp3) is 0.278. The second-order valence-corrected chi connectivity index (χ2v) is 6.08. The van der Waals surface area contributed by atoms with E-state index in [1.54, 1.807) is 24.3 Å². The molecule has 3 rings (SSSR count). The predicted molar refractivity (Wildman–Crippen MR) is 103 cm³/mol. The number of fused-ring (bicyclic) bond motifs is 2. The van der Waals surface area contributed by atoms with E-state index in [0.717, 1.165) is 18.5 Å². The molecule has 132 valence electrons. The maximum atomic E-state index is 12.8. The highest BCUT2D eigenvalue weighted by molar-refractivity contribution is 5.98. The highest BCUT2D eigenvalue weighted by atomic mass is 35.5. The number of benzene rings is 2. The number of aryl methyl sites for hydroxylation is 1. The molecule has 7 heteroatoms. The third-order valence-corrected chi connectivity index (χ3v) is 4.16. The summed E-state index contributed by atoms with van der Waals surface area (Å²) in [6.07, 6.45) is 0.887. The lowest BCUT2D eigenvalue weighted by Gasteiger charge is -2.16. The summed E-state index contributed by atoms with van der Waals surface area (Å²) in [5.74, 6) is 0. The van der Waals surface area contributed by atoms with Crippen LogP contribution in [0.3, 0.4) is 0 Å². The Morgan fingerprint density at radius 2 is 1.76 bits per heavy atom. The van der Waals surface area contributed by atoms with Crippen LogP contribution in [-0.4, -0.2) is 35.0 Å². The number of aromatic nitrogens is 1. The van der Waals surface area contributed by atoms with Gasteiger partial charge < -0.3 is 9.47 Å². The van der Waals surface area contributed by atoms with Gasteiger partial charge in [-0.05, 0) is 45.3 Å². The minimum absolute atomic E-state index is 0. The van der Waals surface area contributed by atoms with Gasteiger partial charge in [-0.25, -0.2) is 0 Å². The van der Waals surface area contributed by atoms with Gasteiger partial charge in [-0.2, -0.15) is 0 Å². The van der Waals surface area contributed by atoms with Gasteiger partial charge in [-0.15, -0.1) is 12.4 Å². The molecule has 0 bridgehead atoms. The largest absolute Gasteiger partial charge is 0.340 e. The van der Waals surface area contributed by atoms with Gasteiger partial charge in [0.1, 0.15) is 5.39 Å². The van der Waals surface area contributed by atoms with Crippen LogP contribution < -0.4 is 5.43 Å². The molecule has 0 saturated heterocycles. The van der Waals surface area contributed by atoms with Crippen LogP contribution in [0.25, 0.3) is 21.8 Å². The van der Waals surface area contributed by atoms with Crippen molar-refractivity contribution in [3.05, 3.63) is 62.8 Å². The number of rotatable bonds is 5. The van der Waals surface area contributed by atoms with E-state index >= 15 is 0 Å². The van der Waals surface area contributed by atoms with Crippen molar-refractivity contribution in [2.45, 2.75) is 13.0 Å². The smallest absolute Gasteiger partial charge is 0.282 e. The summed E-state index contributed by atoms with van der Waals surface area (Å²) in [6, 6.07) is 12.1. The van der Waals surface area contributed by atoms with Gasteiger partial charge in [0, 0.05) is 18.0 Å². The van der Waals surface area contributed by atoms with Gasteiger partial charge >= 0.3 is 0 Å². The minimum Gasteiger partial charge on any atom is -0.340 e. The lowest BCUT2D eigenvalue weighted by Crippen LogP contribution is -2.17. The Balaban J connectivity index is 0.00000225. The number of nitro groups is 1. The maximum absolute atomic E-state index is 12.8. The van der Waals surface area contributed by atoms with Gasteiger partial charge in [0.05, 0.1) is 16.0 Å². The molecule has 0 saturated carbocycles. The van der Waals surface area contributed by atoms with Gasteiger partial charge in [0.25, 0.3) is 5.69 Å². The Hall–Kier alpha value is -2.44. The van der Waals surface area contributed by atoms with E-state index in [2.05, 4.69) is 4.90 Å². The van der Waals surface area contributed by atoms with E-state index in [0.29, 0.717) is 17.4 Å². The third-order valence-electron chi connectivity index (χ3n) is 4.16. The summed E-state index contributed by atoms with van der Waals surface area (Å²) in [5.41, 5.74) is 1.02. The summed E-state index contributed by atoms with van der Waals surface area (Å²) in [6.45, 7) is 1.59. The zero-order valence-electron chi connectivity index (χ0n) is 14.1. The van der Waals surface area contributed by atoms with Gasteiger partial charge in [0.2, 0.25) is 5.43 Å². The Morgan fingerprint density at radius 1 is 1.08 bits per heavy atom. The van der Waals surface area contributed by atoms with E-state index in [9.17, 15) is 14.9 Å². The van der Waals surface area contributed by atoms with Crippen LogP contribution >= 0.6 is 12.4 Å². The van der Waals surface area contributed by atoms with Crippen LogP contribution in [0, 0.1) is 10.1 Å². The van der Waals surface area contributed by atoms with E-state index in [-0.39, 0.29) is 28.9 Å². The molecule has 0 unspecified atom stereocenters. The Bertz CT molecular complexity index is 982. The molecule has 0 N–H and O–H groups in total. The second-order valence-electron chi connectivity index (χ2n) is 6.08. The molecule has 1 aromatic heterocycles. The predicted octanol–water partition coefficient (Wildman–Crippen LogP) is 3.44. The molecule has 0 aliphatic carbocycles. The first kappa shape index (κ1) is 18.9. The zero-order valence-corrected chi connectivity index (χ0v) is 15.0. The van der Waals surface area contributed by atoms with Crippen molar-refractivity contribution in [1.29, 1.82) is 0 Å². The highest BCUT2D eigenvalue weighted by Gasteiger charge is 2.19. The fourth-order valence-electron chi connectivity index (χ4n) is 3.09. The maximum Gasteiger partial charge on any atom is 0.282 e. The van der Waals surface area contributed by atoms with Crippen molar-refractivity contribution < 1.29 is 4.92 Å². The molecule has 3 aromatic rings. The lowest BCUT2D eigenvalue weighted by atomic mass is 10.1. The molecule has 2 aromatic carbocycles. The van der Waals surface area contributed by atoms with Crippen molar-refractivity contribution >= 4 is 39.9 Å². The van der Waals surface area contributed by atoms with Crippen molar-refractivity contribution in [2.24, 2.45) is 0 Å². The number of hydrogen-bond donors (Lipinski definition) is 0. The topological polar surface area (TPSA) is 68.4 Å². The first-order chi connectivity index (χ1) is 11.5. The standard InChI is InChI=1S/C18H19N3O3.ClH/c1-19(2)11-6-12-20-14-8-4-3-7-13(14)18(22)17-15(20)9-5-10-16(17)21(23)24;/h3-5,7-10H,6,11-12H2,1-2H3;1H. The monoisotopic (exact) mass is 361 g/mol. The normalized spacial score (nSPS) is 11.0. The van der Waals surface area contributed by atoms with Crippen LogP contribution in [0.15, 0.2) is 47.3 Å². The summed E-state index contributed by atoms with van der Waals surface area (Å²) in [7, 11) is 4.01. The Labute approximate surface area is 151 Å². The first-order valence-electron chi connectivity index (χ1n) is 7.84. The molecule has 6 nitrogen and oxygen atoms in total. The molecular formula is C18H20ClN3O3. The first-order valence-corrected chi connectivity index (χ1v) is 7.84. The number of hydrogen-bond acceptors (Lipinski definition) is 4. The minimum atomic E-state index is -0.483. The van der Waals surface area contributed by atoms with Gasteiger partial charge in [0.15, 0.2) is 0 Å². The van der Waals surface area contributed by atoms with Crippen molar-refractivity contribution in [3.8, 4) is 0 Å². The van der Waals surface area contributed by atoms with Crippen LogP contribution in [0.1, 0.15) is 6.42 Å². The van der Waals surface area contributed by atoms with E-state index in [4.69, 9.17) is 0 Å². The van der Waals surface area contributed by atoms with Crippen LogP contribution in [0.5, 0.6) is 0 Å².